The Morgan fingerprint density at radius 1 is 1.21 bits per heavy atom. The predicted octanol–water partition coefficient (Wildman–Crippen LogP) is 3.80. The molecule has 1 atom stereocenters. The first-order chi connectivity index (χ1) is 14.0. The van der Waals surface area contributed by atoms with Gasteiger partial charge in [0.2, 0.25) is 0 Å². The van der Waals surface area contributed by atoms with Crippen LogP contribution in [0.4, 0.5) is 4.39 Å². The third-order valence-electron chi connectivity index (χ3n) is 5.21. The summed E-state index contributed by atoms with van der Waals surface area (Å²) in [5.74, 6) is -0.145. The summed E-state index contributed by atoms with van der Waals surface area (Å²) in [7, 11) is 0. The number of hydrogen-bond acceptors (Lipinski definition) is 4. The molecule has 0 fully saturated rings. The number of nitrogens with one attached hydrogen (secondary N) is 1. The fourth-order valence-corrected chi connectivity index (χ4v) is 3.57. The molecule has 1 amide bonds. The smallest absolute Gasteiger partial charge is 0.252 e. The Morgan fingerprint density at radius 3 is 2.72 bits per heavy atom. The summed E-state index contributed by atoms with van der Waals surface area (Å²) in [6, 6.07) is 14.8. The fourth-order valence-electron chi connectivity index (χ4n) is 3.57. The van der Waals surface area contributed by atoms with Crippen LogP contribution in [0.25, 0.3) is 0 Å². The van der Waals surface area contributed by atoms with Gasteiger partial charge in [0.05, 0.1) is 6.61 Å². The van der Waals surface area contributed by atoms with E-state index in [0.717, 1.165) is 6.29 Å². The molecule has 0 saturated heterocycles. The van der Waals surface area contributed by atoms with Crippen LogP contribution in [0.5, 0.6) is 5.75 Å². The average Bonchev–Trinajstić information content (AvgIpc) is 2.76. The highest BCUT2D eigenvalue weighted by molar-refractivity contribution is 5.95. The highest BCUT2D eigenvalue weighted by Crippen LogP contribution is 2.41. The normalized spacial score (nSPS) is 17.7. The molecule has 1 aliphatic heterocycles. The van der Waals surface area contributed by atoms with Gasteiger partial charge in [-0.2, -0.15) is 0 Å². The number of aryl methyl sites for hydroxylation is 1. The number of halogens is 1. The van der Waals surface area contributed by atoms with Crippen LogP contribution in [0.15, 0.2) is 60.8 Å². The van der Waals surface area contributed by atoms with Crippen LogP contribution in [0, 0.1) is 12.7 Å². The highest BCUT2D eigenvalue weighted by Gasteiger charge is 2.42. The highest BCUT2D eigenvalue weighted by atomic mass is 19.1. The first-order valence-electron chi connectivity index (χ1n) is 9.26. The van der Waals surface area contributed by atoms with Crippen LogP contribution in [0.3, 0.4) is 0 Å². The van der Waals surface area contributed by atoms with Crippen molar-refractivity contribution in [3.8, 4) is 5.75 Å². The van der Waals surface area contributed by atoms with Crippen LogP contribution in [0.1, 0.15) is 44.0 Å². The third kappa shape index (κ3) is 3.38. The number of aromatic nitrogens is 1. The first-order valence-corrected chi connectivity index (χ1v) is 9.26. The standard InChI is InChI=1S/C23H19FN2O3/c1-15-4-9-18(13-19(15)24)23(10-12-29-20-3-2-11-25-21(20)23)26-22(28)17-7-5-16(14-27)6-8-17/h2-9,11,13-14H,10,12H2,1H3,(H,26,28)/t23-/m0/s1. The molecule has 0 aliphatic carbocycles. The van der Waals surface area contributed by atoms with Gasteiger partial charge in [-0.15, -0.1) is 0 Å². The number of amides is 1. The van der Waals surface area contributed by atoms with E-state index in [0.29, 0.717) is 46.7 Å². The zero-order valence-corrected chi connectivity index (χ0v) is 15.8. The Labute approximate surface area is 167 Å². The predicted molar refractivity (Wildman–Crippen MR) is 106 cm³/mol. The van der Waals surface area contributed by atoms with E-state index in [1.807, 2.05) is 0 Å². The van der Waals surface area contributed by atoms with Crippen molar-refractivity contribution in [3.63, 3.8) is 0 Å². The van der Waals surface area contributed by atoms with Crippen molar-refractivity contribution >= 4 is 12.2 Å². The van der Waals surface area contributed by atoms with Gasteiger partial charge in [-0.25, -0.2) is 4.39 Å². The van der Waals surface area contributed by atoms with Gasteiger partial charge in [-0.3, -0.25) is 14.6 Å². The summed E-state index contributed by atoms with van der Waals surface area (Å²) in [4.78, 5) is 28.4. The zero-order valence-electron chi connectivity index (χ0n) is 15.8. The van der Waals surface area contributed by atoms with Crippen molar-refractivity contribution in [2.75, 3.05) is 6.61 Å². The molecule has 1 aliphatic rings. The minimum Gasteiger partial charge on any atom is -0.491 e. The Balaban J connectivity index is 1.82. The van der Waals surface area contributed by atoms with Crippen molar-refractivity contribution in [1.82, 2.24) is 10.3 Å². The van der Waals surface area contributed by atoms with E-state index in [4.69, 9.17) is 4.74 Å². The van der Waals surface area contributed by atoms with E-state index in [2.05, 4.69) is 10.3 Å². The van der Waals surface area contributed by atoms with Crippen LogP contribution in [-0.4, -0.2) is 23.8 Å². The number of rotatable bonds is 4. The lowest BCUT2D eigenvalue weighted by Gasteiger charge is -2.39. The quantitative estimate of drug-likeness (QED) is 0.688. The van der Waals surface area contributed by atoms with Gasteiger partial charge >= 0.3 is 0 Å². The van der Waals surface area contributed by atoms with Crippen molar-refractivity contribution < 1.29 is 18.7 Å². The van der Waals surface area contributed by atoms with E-state index in [9.17, 15) is 14.0 Å². The van der Waals surface area contributed by atoms with Gasteiger partial charge in [0, 0.05) is 23.7 Å². The SMILES string of the molecule is Cc1ccc([C@@]2(NC(=O)c3ccc(C=O)cc3)CCOc3cccnc32)cc1F. The van der Waals surface area contributed by atoms with Crippen molar-refractivity contribution in [2.45, 2.75) is 18.9 Å². The second kappa shape index (κ2) is 7.47. The van der Waals surface area contributed by atoms with Gasteiger partial charge in [-0.1, -0.05) is 24.3 Å². The van der Waals surface area contributed by atoms with Gasteiger partial charge in [0.15, 0.2) is 0 Å². The average molecular weight is 390 g/mol. The molecule has 0 spiro atoms. The Morgan fingerprint density at radius 2 is 2.00 bits per heavy atom. The van der Waals surface area contributed by atoms with Gasteiger partial charge in [0.1, 0.15) is 29.1 Å². The number of aldehydes is 1. The third-order valence-corrected chi connectivity index (χ3v) is 5.21. The van der Waals surface area contributed by atoms with E-state index in [1.165, 1.54) is 6.07 Å². The maximum atomic E-state index is 14.4. The maximum Gasteiger partial charge on any atom is 0.252 e. The molecular weight excluding hydrogens is 371 g/mol. The molecule has 2 aromatic carbocycles. The lowest BCUT2D eigenvalue weighted by Crippen LogP contribution is -2.50. The van der Waals surface area contributed by atoms with Crippen molar-refractivity contribution in [1.29, 1.82) is 0 Å². The summed E-state index contributed by atoms with van der Waals surface area (Å²) in [6.45, 7) is 2.04. The molecule has 5 nitrogen and oxygen atoms in total. The second-order valence-electron chi connectivity index (χ2n) is 7.01. The molecule has 2 heterocycles. The topological polar surface area (TPSA) is 68.3 Å². The Hall–Kier alpha value is -3.54. The maximum absolute atomic E-state index is 14.4. The molecule has 146 valence electrons. The summed E-state index contributed by atoms with van der Waals surface area (Å²) < 4.78 is 20.2. The number of carbonyl (C=O) groups excluding carboxylic acids is 2. The van der Waals surface area contributed by atoms with Crippen molar-refractivity contribution in [2.24, 2.45) is 0 Å². The van der Waals surface area contributed by atoms with Crippen LogP contribution in [0.2, 0.25) is 0 Å². The molecule has 0 radical (unpaired) electrons. The molecule has 0 bridgehead atoms. The van der Waals surface area contributed by atoms with E-state index >= 15 is 0 Å². The zero-order chi connectivity index (χ0) is 20.4. The van der Waals surface area contributed by atoms with E-state index < -0.39 is 5.54 Å². The largest absolute Gasteiger partial charge is 0.491 e. The number of carbonyl (C=O) groups is 2. The number of hydrogen-bond donors (Lipinski definition) is 1. The number of nitrogens with zero attached hydrogens (tertiary/aromatic N) is 1. The van der Waals surface area contributed by atoms with Gasteiger partial charge in [0.25, 0.3) is 5.91 Å². The molecule has 1 N–H and O–H groups in total. The fraction of sp³-hybridized carbons (Fsp3) is 0.174. The lowest BCUT2D eigenvalue weighted by molar-refractivity contribution is 0.0883. The van der Waals surface area contributed by atoms with Gasteiger partial charge < -0.3 is 10.1 Å². The first kappa shape index (κ1) is 18.8. The molecular formula is C23H19FN2O3. The summed E-state index contributed by atoms with van der Waals surface area (Å²) in [5, 5.41) is 3.07. The van der Waals surface area contributed by atoms with Crippen LogP contribution < -0.4 is 10.1 Å². The molecule has 0 saturated carbocycles. The van der Waals surface area contributed by atoms with Crippen LogP contribution in [-0.2, 0) is 5.54 Å². The number of ether oxygens (including phenoxy) is 1. The Bertz CT molecular complexity index is 1080. The van der Waals surface area contributed by atoms with Crippen molar-refractivity contribution in [3.05, 3.63) is 94.6 Å². The van der Waals surface area contributed by atoms with E-state index in [1.54, 1.807) is 61.7 Å². The molecule has 3 aromatic rings. The molecule has 4 rings (SSSR count). The summed E-state index contributed by atoms with van der Waals surface area (Å²) >= 11 is 0. The molecule has 6 heteroatoms. The molecule has 0 unspecified atom stereocenters. The number of fused-ring (bicyclic) bond motifs is 1. The minimum absolute atomic E-state index is 0.345. The second-order valence-corrected chi connectivity index (χ2v) is 7.01. The summed E-state index contributed by atoms with van der Waals surface area (Å²) in [5.41, 5.74) is 1.49. The van der Waals surface area contributed by atoms with Gasteiger partial charge in [-0.05, 0) is 48.4 Å². The number of benzene rings is 2. The Kier molecular flexibility index (Phi) is 4.84. The van der Waals surface area contributed by atoms with E-state index in [-0.39, 0.29) is 11.7 Å². The number of pyridine rings is 1. The lowest BCUT2D eigenvalue weighted by atomic mass is 9.80. The molecule has 1 aromatic heterocycles. The molecule has 29 heavy (non-hydrogen) atoms. The summed E-state index contributed by atoms with van der Waals surface area (Å²) in [6.07, 6.45) is 2.74. The minimum atomic E-state index is -1.04. The van der Waals surface area contributed by atoms with Crippen LogP contribution >= 0.6 is 0 Å². The monoisotopic (exact) mass is 390 g/mol.